The quantitative estimate of drug-likeness (QED) is 0.120. The van der Waals surface area contributed by atoms with Crippen LogP contribution in [0.2, 0.25) is 0 Å². The number of rotatable bonds is 28. The molecule has 2 nitrogen and oxygen atoms in total. The van der Waals surface area contributed by atoms with Crippen molar-refractivity contribution in [2.45, 2.75) is 168 Å². The van der Waals surface area contributed by atoms with Crippen molar-refractivity contribution >= 4 is 0 Å². The van der Waals surface area contributed by atoms with Crippen LogP contribution in [0.15, 0.2) is 0 Å². The van der Waals surface area contributed by atoms with E-state index < -0.39 is 0 Å². The molecule has 0 spiro atoms. The molecule has 0 saturated heterocycles. The molecule has 2 heteroatoms. The number of hydrogen-bond acceptors (Lipinski definition) is 2. The fourth-order valence-corrected chi connectivity index (χ4v) is 4.81. The summed E-state index contributed by atoms with van der Waals surface area (Å²) < 4.78 is 0. The van der Waals surface area contributed by atoms with Crippen LogP contribution in [-0.4, -0.2) is 31.1 Å². The van der Waals surface area contributed by atoms with Gasteiger partial charge < -0.3 is 10.6 Å². The van der Waals surface area contributed by atoms with E-state index in [2.05, 4.69) is 18.7 Å². The maximum atomic E-state index is 5.54. The maximum Gasteiger partial charge on any atom is -0.00187 e. The Bertz CT molecular complexity index is 306. The predicted octanol–water partition coefficient (Wildman–Crippen LogP) is 9.65. The largest absolute Gasteiger partial charge is 0.330 e. The smallest absolute Gasteiger partial charge is 0.00187 e. The molecule has 0 heterocycles. The molecular weight excluding hydrogens is 388 g/mol. The van der Waals surface area contributed by atoms with Gasteiger partial charge in [-0.05, 0) is 51.9 Å². The summed E-state index contributed by atoms with van der Waals surface area (Å²) in [6, 6.07) is 0. The molecule has 194 valence electrons. The summed E-state index contributed by atoms with van der Waals surface area (Å²) in [5, 5.41) is 0. The van der Waals surface area contributed by atoms with Gasteiger partial charge in [-0.15, -0.1) is 0 Å². The predicted molar refractivity (Wildman–Crippen MR) is 148 cm³/mol. The minimum absolute atomic E-state index is 0.872. The van der Waals surface area contributed by atoms with Gasteiger partial charge in [-0.3, -0.25) is 0 Å². The topological polar surface area (TPSA) is 29.3 Å². The van der Waals surface area contributed by atoms with Crippen LogP contribution in [0.3, 0.4) is 0 Å². The highest BCUT2D eigenvalue weighted by Gasteiger charge is 2.04. The average molecular weight is 453 g/mol. The minimum Gasteiger partial charge on any atom is -0.330 e. The van der Waals surface area contributed by atoms with Crippen LogP contribution in [0.4, 0.5) is 0 Å². The van der Waals surface area contributed by atoms with Gasteiger partial charge in [-0.25, -0.2) is 0 Å². The van der Waals surface area contributed by atoms with E-state index >= 15 is 0 Å². The Kier molecular flexibility index (Phi) is 28.9. The van der Waals surface area contributed by atoms with E-state index in [-0.39, 0.29) is 0 Å². The number of unbranched alkanes of at least 4 members (excludes halogenated alkanes) is 21. The van der Waals surface area contributed by atoms with E-state index in [1.165, 1.54) is 174 Å². The van der Waals surface area contributed by atoms with Gasteiger partial charge in [-0.1, -0.05) is 142 Å². The molecule has 0 unspecified atom stereocenters. The second-order valence-corrected chi connectivity index (χ2v) is 10.4. The van der Waals surface area contributed by atoms with Crippen LogP contribution in [0.1, 0.15) is 168 Å². The highest BCUT2D eigenvalue weighted by atomic mass is 15.1. The molecule has 2 N–H and O–H groups in total. The lowest BCUT2D eigenvalue weighted by atomic mass is 10.0. The van der Waals surface area contributed by atoms with Crippen molar-refractivity contribution in [2.75, 3.05) is 26.2 Å². The van der Waals surface area contributed by atoms with Gasteiger partial charge in [-0.2, -0.15) is 0 Å². The zero-order valence-corrected chi connectivity index (χ0v) is 22.8. The SMILES string of the molecule is CCCCCCN(CCCCCC)CCCCCCCCCCCCCCCCCCN. The first kappa shape index (κ1) is 31.9. The lowest BCUT2D eigenvalue weighted by molar-refractivity contribution is 0.254. The summed E-state index contributed by atoms with van der Waals surface area (Å²) in [6.45, 7) is 9.55. The zero-order chi connectivity index (χ0) is 23.4. The lowest BCUT2D eigenvalue weighted by Crippen LogP contribution is -2.27. The van der Waals surface area contributed by atoms with E-state index in [4.69, 9.17) is 5.73 Å². The zero-order valence-electron chi connectivity index (χ0n) is 22.8. The molecule has 0 bridgehead atoms. The van der Waals surface area contributed by atoms with E-state index in [0.29, 0.717) is 0 Å². The standard InChI is InChI=1S/C30H64N2/c1-3-5-7-24-28-32(29-25-8-6-4-2)30-26-22-20-18-16-14-12-10-9-11-13-15-17-19-21-23-27-31/h3-31H2,1-2H3. The van der Waals surface area contributed by atoms with Crippen LogP contribution in [0.25, 0.3) is 0 Å². The summed E-state index contributed by atoms with van der Waals surface area (Å²) in [5.74, 6) is 0. The van der Waals surface area contributed by atoms with Gasteiger partial charge in [0.05, 0.1) is 0 Å². The molecule has 0 aliphatic heterocycles. The summed E-state index contributed by atoms with van der Waals surface area (Å²) >= 11 is 0. The Balaban J connectivity index is 3.43. The van der Waals surface area contributed by atoms with Crippen molar-refractivity contribution in [1.29, 1.82) is 0 Å². The summed E-state index contributed by atoms with van der Waals surface area (Å²) in [4.78, 5) is 2.78. The van der Waals surface area contributed by atoms with Crippen LogP contribution in [-0.2, 0) is 0 Å². The van der Waals surface area contributed by atoms with Gasteiger partial charge >= 0.3 is 0 Å². The van der Waals surface area contributed by atoms with Crippen molar-refractivity contribution in [2.24, 2.45) is 5.73 Å². The van der Waals surface area contributed by atoms with Crippen LogP contribution < -0.4 is 5.73 Å². The molecule has 0 aromatic rings. The summed E-state index contributed by atoms with van der Waals surface area (Å²) in [5.41, 5.74) is 5.54. The number of nitrogens with zero attached hydrogens (tertiary/aromatic N) is 1. The third-order valence-electron chi connectivity index (χ3n) is 7.08. The normalized spacial score (nSPS) is 11.6. The number of hydrogen-bond donors (Lipinski definition) is 1. The van der Waals surface area contributed by atoms with E-state index in [1.54, 1.807) is 0 Å². The number of nitrogens with two attached hydrogens (primary N) is 1. The molecule has 0 aliphatic carbocycles. The Morgan fingerprint density at radius 1 is 0.344 bits per heavy atom. The fraction of sp³-hybridized carbons (Fsp3) is 1.00. The summed E-state index contributed by atoms with van der Waals surface area (Å²) in [6.07, 6.45) is 34.1. The van der Waals surface area contributed by atoms with Gasteiger partial charge in [0, 0.05) is 0 Å². The first-order valence-electron chi connectivity index (χ1n) is 15.3. The van der Waals surface area contributed by atoms with Gasteiger partial charge in [0.1, 0.15) is 0 Å². The highest BCUT2D eigenvalue weighted by Crippen LogP contribution is 2.14. The molecule has 0 aromatic heterocycles. The fourth-order valence-electron chi connectivity index (χ4n) is 4.81. The summed E-state index contributed by atoms with van der Waals surface area (Å²) in [7, 11) is 0. The molecule has 0 saturated carbocycles. The molecule has 32 heavy (non-hydrogen) atoms. The second-order valence-electron chi connectivity index (χ2n) is 10.4. The lowest BCUT2D eigenvalue weighted by Gasteiger charge is -2.22. The Morgan fingerprint density at radius 2 is 0.594 bits per heavy atom. The van der Waals surface area contributed by atoms with Crippen LogP contribution >= 0.6 is 0 Å². The highest BCUT2D eigenvalue weighted by molar-refractivity contribution is 4.60. The van der Waals surface area contributed by atoms with Crippen molar-refractivity contribution in [1.82, 2.24) is 4.90 Å². The van der Waals surface area contributed by atoms with Crippen molar-refractivity contribution in [3.05, 3.63) is 0 Å². The molecule has 0 aliphatic rings. The van der Waals surface area contributed by atoms with Gasteiger partial charge in [0.15, 0.2) is 0 Å². The second kappa shape index (κ2) is 29.0. The van der Waals surface area contributed by atoms with E-state index in [9.17, 15) is 0 Å². The molecule has 0 rings (SSSR count). The molecule has 0 aromatic carbocycles. The van der Waals surface area contributed by atoms with Crippen LogP contribution in [0.5, 0.6) is 0 Å². The third-order valence-corrected chi connectivity index (χ3v) is 7.08. The molecule has 0 amide bonds. The maximum absolute atomic E-state index is 5.54. The molecule has 0 fully saturated rings. The minimum atomic E-state index is 0.872. The Morgan fingerprint density at radius 3 is 0.875 bits per heavy atom. The van der Waals surface area contributed by atoms with Crippen molar-refractivity contribution in [3.8, 4) is 0 Å². The first-order chi connectivity index (χ1) is 15.8. The Hall–Kier alpha value is -0.0800. The monoisotopic (exact) mass is 453 g/mol. The van der Waals surface area contributed by atoms with Crippen molar-refractivity contribution < 1.29 is 0 Å². The van der Waals surface area contributed by atoms with Crippen LogP contribution in [0, 0.1) is 0 Å². The Labute approximate surface area is 204 Å². The molecular formula is C30H64N2. The first-order valence-corrected chi connectivity index (χ1v) is 15.3. The van der Waals surface area contributed by atoms with Crippen molar-refractivity contribution in [3.63, 3.8) is 0 Å². The van der Waals surface area contributed by atoms with Gasteiger partial charge in [0.25, 0.3) is 0 Å². The van der Waals surface area contributed by atoms with E-state index in [0.717, 1.165) is 6.54 Å². The third kappa shape index (κ3) is 26.2. The van der Waals surface area contributed by atoms with E-state index in [1.807, 2.05) is 0 Å². The molecule has 0 atom stereocenters. The molecule has 0 radical (unpaired) electrons. The average Bonchev–Trinajstić information content (AvgIpc) is 2.81. The van der Waals surface area contributed by atoms with Gasteiger partial charge in [0.2, 0.25) is 0 Å².